The van der Waals surface area contributed by atoms with Crippen LogP contribution in [-0.4, -0.2) is 25.8 Å². The van der Waals surface area contributed by atoms with Crippen LogP contribution in [-0.2, 0) is 11.2 Å². The minimum absolute atomic E-state index is 0.460. The van der Waals surface area contributed by atoms with Crippen LogP contribution in [0, 0.1) is 11.8 Å². The maximum Gasteiger partial charge on any atom is 0.0984 e. The molecule has 2 fully saturated rings. The number of hydrogen-bond acceptors (Lipinski definition) is 2. The lowest BCUT2D eigenvalue weighted by Gasteiger charge is -2.24. The summed E-state index contributed by atoms with van der Waals surface area (Å²) in [6.45, 7) is 13.3. The van der Waals surface area contributed by atoms with Gasteiger partial charge in [0.15, 0.2) is 0 Å². The number of benzene rings is 1. The van der Waals surface area contributed by atoms with E-state index in [0.717, 1.165) is 37.8 Å². The Morgan fingerprint density at radius 2 is 1.96 bits per heavy atom. The van der Waals surface area contributed by atoms with Crippen molar-refractivity contribution in [1.82, 2.24) is 0 Å². The van der Waals surface area contributed by atoms with Gasteiger partial charge in [-0.15, -0.1) is 13.2 Å². The molecule has 1 saturated heterocycles. The number of anilines is 1. The van der Waals surface area contributed by atoms with Crippen LogP contribution in [0.25, 0.3) is 0 Å². The van der Waals surface area contributed by atoms with Crippen molar-refractivity contribution in [3.63, 3.8) is 0 Å². The van der Waals surface area contributed by atoms with E-state index in [1.165, 1.54) is 61.9 Å². The van der Waals surface area contributed by atoms with Crippen molar-refractivity contribution in [3.05, 3.63) is 54.6 Å². The van der Waals surface area contributed by atoms with Gasteiger partial charge in [0.05, 0.1) is 12.7 Å². The molecule has 1 aromatic carbocycles. The predicted molar refractivity (Wildman–Crippen MR) is 116 cm³/mol. The number of rotatable bonds is 14. The molecular weight excluding hydrogens is 330 g/mol. The molecule has 2 unspecified atom stereocenters. The molecule has 1 saturated carbocycles. The fourth-order valence-electron chi connectivity index (χ4n) is 3.95. The third-order valence-electron chi connectivity index (χ3n) is 5.80. The van der Waals surface area contributed by atoms with Crippen LogP contribution in [0.4, 0.5) is 5.69 Å². The molecule has 0 N–H and O–H groups in total. The fraction of sp³-hybridized carbons (Fsp3) is 0.600. The highest BCUT2D eigenvalue weighted by molar-refractivity contribution is 5.48. The second-order valence-corrected chi connectivity index (χ2v) is 8.76. The Kier molecular flexibility index (Phi) is 7.58. The monoisotopic (exact) mass is 367 g/mol. The van der Waals surface area contributed by atoms with E-state index in [0.29, 0.717) is 6.10 Å². The number of allylic oxidation sites excluding steroid dienone is 2. The molecule has 1 aromatic rings. The van der Waals surface area contributed by atoms with E-state index >= 15 is 0 Å². The van der Waals surface area contributed by atoms with E-state index in [-0.39, 0.29) is 0 Å². The van der Waals surface area contributed by atoms with E-state index in [9.17, 15) is 0 Å². The highest BCUT2D eigenvalue weighted by Crippen LogP contribution is 2.32. The summed E-state index contributed by atoms with van der Waals surface area (Å²) in [5, 5.41) is 0. The lowest BCUT2D eigenvalue weighted by Crippen LogP contribution is -2.29. The summed E-state index contributed by atoms with van der Waals surface area (Å²) in [5.41, 5.74) is 4.14. The number of ether oxygens (including phenoxy) is 1. The van der Waals surface area contributed by atoms with Gasteiger partial charge in [-0.25, -0.2) is 0 Å². The highest BCUT2D eigenvalue weighted by Gasteiger charge is 2.30. The van der Waals surface area contributed by atoms with E-state index in [4.69, 9.17) is 4.74 Å². The Hall–Kier alpha value is -1.54. The summed E-state index contributed by atoms with van der Waals surface area (Å²) in [5.74, 6) is 1.66. The van der Waals surface area contributed by atoms with Gasteiger partial charge in [0, 0.05) is 18.8 Å². The van der Waals surface area contributed by atoms with Gasteiger partial charge in [-0.2, -0.15) is 0 Å². The molecule has 27 heavy (non-hydrogen) atoms. The molecular formula is C25H37NO. The van der Waals surface area contributed by atoms with E-state index in [1.54, 1.807) is 0 Å². The smallest absolute Gasteiger partial charge is 0.0984 e. The molecule has 0 aromatic heterocycles. The van der Waals surface area contributed by atoms with Crippen LogP contribution < -0.4 is 4.90 Å². The first-order valence-electron chi connectivity index (χ1n) is 10.8. The van der Waals surface area contributed by atoms with Crippen LogP contribution >= 0.6 is 0 Å². The minimum Gasteiger partial charge on any atom is -0.371 e. The zero-order valence-electron chi connectivity index (χ0n) is 17.2. The van der Waals surface area contributed by atoms with Crippen molar-refractivity contribution in [1.29, 1.82) is 0 Å². The van der Waals surface area contributed by atoms with Crippen LogP contribution in [0.2, 0.25) is 0 Å². The summed E-state index contributed by atoms with van der Waals surface area (Å²) in [4.78, 5) is 2.54. The molecule has 2 heteroatoms. The van der Waals surface area contributed by atoms with Crippen molar-refractivity contribution in [2.75, 3.05) is 24.6 Å². The number of aryl methyl sites for hydroxylation is 1. The second kappa shape index (κ2) is 10.1. The first-order valence-corrected chi connectivity index (χ1v) is 10.8. The van der Waals surface area contributed by atoms with Gasteiger partial charge < -0.3 is 9.64 Å². The molecule has 0 amide bonds. The Bertz CT molecular complexity index is 583. The summed E-state index contributed by atoms with van der Waals surface area (Å²) < 4.78 is 5.47. The quantitative estimate of drug-likeness (QED) is 0.222. The van der Waals surface area contributed by atoms with Crippen molar-refractivity contribution in [2.24, 2.45) is 11.8 Å². The first-order chi connectivity index (χ1) is 13.1. The highest BCUT2D eigenvalue weighted by atomic mass is 16.6. The average Bonchev–Trinajstić information content (AvgIpc) is 3.56. The molecule has 148 valence electrons. The third-order valence-corrected chi connectivity index (χ3v) is 5.80. The standard InChI is InChI=1S/C25H37NO/c1-4-5-6-7-22(16-20(2)3)9-8-21-12-14-24(15-13-21)26(17-23-10-11-23)18-25-19-27-25/h4,12-15,22-23,25H,1-2,5-11,16-19H2,3H3. The van der Waals surface area contributed by atoms with Gasteiger partial charge in [0.25, 0.3) is 0 Å². The van der Waals surface area contributed by atoms with Crippen molar-refractivity contribution >= 4 is 5.69 Å². The number of epoxide rings is 1. The molecule has 0 radical (unpaired) electrons. The average molecular weight is 368 g/mol. The van der Waals surface area contributed by atoms with Gasteiger partial charge in [0.2, 0.25) is 0 Å². The maximum atomic E-state index is 5.47. The Morgan fingerprint density at radius 1 is 1.22 bits per heavy atom. The van der Waals surface area contributed by atoms with E-state index in [1.807, 2.05) is 6.08 Å². The van der Waals surface area contributed by atoms with Crippen molar-refractivity contribution in [2.45, 2.75) is 64.4 Å². The van der Waals surface area contributed by atoms with Crippen LogP contribution in [0.15, 0.2) is 49.1 Å². The molecule has 1 aliphatic heterocycles. The van der Waals surface area contributed by atoms with E-state index in [2.05, 4.69) is 49.2 Å². The Balaban J connectivity index is 1.51. The topological polar surface area (TPSA) is 15.8 Å². The summed E-state index contributed by atoms with van der Waals surface area (Å²) >= 11 is 0. The minimum atomic E-state index is 0.460. The normalized spacial score (nSPS) is 19.5. The number of hydrogen-bond donors (Lipinski definition) is 0. The van der Waals surface area contributed by atoms with Gasteiger partial charge in [0.1, 0.15) is 0 Å². The summed E-state index contributed by atoms with van der Waals surface area (Å²) in [6, 6.07) is 9.33. The largest absolute Gasteiger partial charge is 0.371 e. The third kappa shape index (κ3) is 7.54. The Labute approximate surface area is 166 Å². The molecule has 0 spiro atoms. The van der Waals surface area contributed by atoms with Crippen molar-refractivity contribution < 1.29 is 4.74 Å². The maximum absolute atomic E-state index is 5.47. The molecule has 1 aliphatic carbocycles. The predicted octanol–water partition coefficient (Wildman–Crippen LogP) is 6.17. The zero-order valence-corrected chi connectivity index (χ0v) is 17.2. The first kappa shape index (κ1) is 20.2. The molecule has 2 atom stereocenters. The van der Waals surface area contributed by atoms with E-state index < -0.39 is 0 Å². The lowest BCUT2D eigenvalue weighted by atomic mass is 9.89. The second-order valence-electron chi connectivity index (χ2n) is 8.76. The molecule has 1 heterocycles. The number of unbranched alkanes of at least 4 members (excludes halogenated alkanes) is 1. The molecule has 2 nitrogen and oxygen atoms in total. The van der Waals surface area contributed by atoms with Gasteiger partial charge in [-0.1, -0.05) is 23.8 Å². The van der Waals surface area contributed by atoms with Crippen LogP contribution in [0.5, 0.6) is 0 Å². The fourth-order valence-corrected chi connectivity index (χ4v) is 3.95. The zero-order chi connectivity index (χ0) is 19.1. The van der Waals surface area contributed by atoms with Crippen LogP contribution in [0.3, 0.4) is 0 Å². The van der Waals surface area contributed by atoms with Gasteiger partial charge >= 0.3 is 0 Å². The Morgan fingerprint density at radius 3 is 2.56 bits per heavy atom. The van der Waals surface area contributed by atoms with Gasteiger partial charge in [-0.3, -0.25) is 0 Å². The SMILES string of the molecule is C=CCCCC(CCc1ccc(N(CC2CC2)CC2CO2)cc1)CC(=C)C. The lowest BCUT2D eigenvalue weighted by molar-refractivity contribution is 0.406. The van der Waals surface area contributed by atoms with Gasteiger partial charge in [-0.05, 0) is 87.8 Å². The summed E-state index contributed by atoms with van der Waals surface area (Å²) in [6.07, 6.45) is 12.5. The number of nitrogens with zero attached hydrogens (tertiary/aromatic N) is 1. The molecule has 3 rings (SSSR count). The molecule has 2 aliphatic rings. The van der Waals surface area contributed by atoms with Crippen molar-refractivity contribution in [3.8, 4) is 0 Å². The van der Waals surface area contributed by atoms with Crippen LogP contribution in [0.1, 0.15) is 57.4 Å². The molecule has 0 bridgehead atoms. The summed E-state index contributed by atoms with van der Waals surface area (Å²) in [7, 11) is 0.